The lowest BCUT2D eigenvalue weighted by molar-refractivity contribution is -0.150. The molecule has 24 heavy (non-hydrogen) atoms. The Balaban J connectivity index is 1.69. The van der Waals surface area contributed by atoms with E-state index in [9.17, 15) is 18.8 Å². The van der Waals surface area contributed by atoms with Crippen molar-refractivity contribution in [2.45, 2.75) is 18.6 Å². The Bertz CT molecular complexity index is 774. The van der Waals surface area contributed by atoms with Crippen LogP contribution >= 0.6 is 0 Å². The van der Waals surface area contributed by atoms with Crippen LogP contribution < -0.4 is 4.90 Å². The molecule has 2 bridgehead atoms. The van der Waals surface area contributed by atoms with E-state index in [1.807, 2.05) is 0 Å². The Hall–Kier alpha value is -2.54. The molecule has 0 N–H and O–H groups in total. The van der Waals surface area contributed by atoms with Crippen molar-refractivity contribution in [2.24, 2.45) is 11.8 Å². The maximum Gasteiger partial charge on any atom is 0.302 e. The number of carbonyl (C=O) groups excluding carboxylic acids is 3. The second-order valence-corrected chi connectivity index (χ2v) is 6.17. The average molecular weight is 331 g/mol. The number of nitrogens with zero attached hydrogens (tertiary/aromatic N) is 1. The zero-order chi connectivity index (χ0) is 17.1. The molecule has 2 saturated heterocycles. The van der Waals surface area contributed by atoms with E-state index in [1.165, 1.54) is 31.2 Å². The number of ether oxygens (including phenoxy) is 2. The van der Waals surface area contributed by atoms with Crippen molar-refractivity contribution in [3.63, 3.8) is 0 Å². The number of esters is 1. The first-order valence-electron chi connectivity index (χ1n) is 7.57. The molecule has 4 atom stereocenters. The highest BCUT2D eigenvalue weighted by molar-refractivity contribution is 6.23. The second-order valence-electron chi connectivity index (χ2n) is 6.17. The molecule has 0 radical (unpaired) electrons. The van der Waals surface area contributed by atoms with Gasteiger partial charge in [0.25, 0.3) is 0 Å². The summed E-state index contributed by atoms with van der Waals surface area (Å²) >= 11 is 0. The van der Waals surface area contributed by atoms with Gasteiger partial charge in [0.2, 0.25) is 11.8 Å². The third-order valence-corrected chi connectivity index (χ3v) is 4.74. The highest BCUT2D eigenvalue weighted by Gasteiger charge is 2.68. The zero-order valence-electron chi connectivity index (χ0n) is 12.8. The van der Waals surface area contributed by atoms with Crippen molar-refractivity contribution >= 4 is 23.5 Å². The van der Waals surface area contributed by atoms with Gasteiger partial charge >= 0.3 is 5.97 Å². The molecule has 3 aliphatic heterocycles. The van der Waals surface area contributed by atoms with Gasteiger partial charge in [0.15, 0.2) is 0 Å². The highest BCUT2D eigenvalue weighted by Crippen LogP contribution is 2.52. The van der Waals surface area contributed by atoms with Crippen molar-refractivity contribution < 1.29 is 28.2 Å². The van der Waals surface area contributed by atoms with E-state index >= 15 is 0 Å². The van der Waals surface area contributed by atoms with Gasteiger partial charge in [0.1, 0.15) is 18.0 Å². The Kier molecular flexibility index (Phi) is 3.11. The lowest BCUT2D eigenvalue weighted by Gasteiger charge is -2.28. The van der Waals surface area contributed by atoms with Crippen molar-refractivity contribution in [3.05, 3.63) is 42.2 Å². The molecule has 1 aromatic carbocycles. The Morgan fingerprint density at radius 3 is 2.67 bits per heavy atom. The van der Waals surface area contributed by atoms with Crippen molar-refractivity contribution in [2.75, 3.05) is 11.5 Å². The summed E-state index contributed by atoms with van der Waals surface area (Å²) in [6, 6.07) is 5.17. The van der Waals surface area contributed by atoms with E-state index in [0.29, 0.717) is 5.69 Å². The zero-order valence-corrected chi connectivity index (χ0v) is 12.8. The number of amides is 2. The summed E-state index contributed by atoms with van der Waals surface area (Å²) < 4.78 is 24.0. The van der Waals surface area contributed by atoms with Gasteiger partial charge < -0.3 is 9.47 Å². The van der Waals surface area contributed by atoms with Crippen LogP contribution in [-0.4, -0.2) is 36.1 Å². The molecule has 0 unspecified atom stereocenters. The van der Waals surface area contributed by atoms with Crippen LogP contribution in [-0.2, 0) is 23.9 Å². The highest BCUT2D eigenvalue weighted by atomic mass is 19.1. The molecule has 2 fully saturated rings. The first kappa shape index (κ1) is 15.0. The van der Waals surface area contributed by atoms with E-state index in [1.54, 1.807) is 12.2 Å². The van der Waals surface area contributed by atoms with Gasteiger partial charge in [-0.15, -0.1) is 0 Å². The Morgan fingerprint density at radius 1 is 1.29 bits per heavy atom. The lowest BCUT2D eigenvalue weighted by Crippen LogP contribution is -2.44. The summed E-state index contributed by atoms with van der Waals surface area (Å²) in [5.41, 5.74) is -0.787. The third kappa shape index (κ3) is 1.94. The molecule has 0 aromatic heterocycles. The maximum absolute atomic E-state index is 13.1. The van der Waals surface area contributed by atoms with Gasteiger partial charge in [0, 0.05) is 6.92 Å². The maximum atomic E-state index is 13.1. The van der Waals surface area contributed by atoms with Crippen LogP contribution in [0.15, 0.2) is 36.4 Å². The molecular formula is C17H14FNO5. The molecule has 1 aromatic rings. The smallest absolute Gasteiger partial charge is 0.302 e. The summed E-state index contributed by atoms with van der Waals surface area (Å²) in [5.74, 6) is -3.13. The normalized spacial score (nSPS) is 33.2. The molecule has 4 rings (SSSR count). The molecule has 0 saturated carbocycles. The largest absolute Gasteiger partial charge is 0.462 e. The average Bonchev–Trinajstić information content (AvgIpc) is 3.18. The quantitative estimate of drug-likeness (QED) is 0.473. The molecule has 124 valence electrons. The van der Waals surface area contributed by atoms with E-state index < -0.39 is 41.2 Å². The number of benzene rings is 1. The van der Waals surface area contributed by atoms with Crippen LogP contribution in [0.2, 0.25) is 0 Å². The summed E-state index contributed by atoms with van der Waals surface area (Å²) in [7, 11) is 0. The van der Waals surface area contributed by atoms with E-state index in [-0.39, 0.29) is 12.5 Å². The van der Waals surface area contributed by atoms with Crippen molar-refractivity contribution in [1.29, 1.82) is 0 Å². The first-order valence-corrected chi connectivity index (χ1v) is 7.57. The number of imide groups is 1. The van der Waals surface area contributed by atoms with Crippen LogP contribution in [0.5, 0.6) is 0 Å². The van der Waals surface area contributed by atoms with E-state index in [0.717, 1.165) is 4.90 Å². The molecule has 7 heteroatoms. The molecular weight excluding hydrogens is 317 g/mol. The Labute approximate surface area is 136 Å². The number of carbonyl (C=O) groups is 3. The van der Waals surface area contributed by atoms with E-state index in [2.05, 4.69) is 0 Å². The minimum Gasteiger partial charge on any atom is -0.462 e. The summed E-state index contributed by atoms with van der Waals surface area (Å²) in [6.07, 6.45) is 2.90. The predicted molar refractivity (Wildman–Crippen MR) is 79.3 cm³/mol. The minimum atomic E-state index is -1.11. The number of halogens is 1. The topological polar surface area (TPSA) is 72.9 Å². The monoisotopic (exact) mass is 331 g/mol. The van der Waals surface area contributed by atoms with Gasteiger partial charge in [-0.1, -0.05) is 6.08 Å². The fourth-order valence-electron chi connectivity index (χ4n) is 3.73. The minimum absolute atomic E-state index is 0.118. The summed E-state index contributed by atoms with van der Waals surface area (Å²) in [6.45, 7) is 1.15. The predicted octanol–water partition coefficient (Wildman–Crippen LogP) is 1.20. The first-order chi connectivity index (χ1) is 11.4. The summed E-state index contributed by atoms with van der Waals surface area (Å²) in [5, 5.41) is 0. The number of hydrogen-bond donors (Lipinski definition) is 0. The molecule has 6 nitrogen and oxygen atoms in total. The second kappa shape index (κ2) is 4.98. The van der Waals surface area contributed by atoms with Crippen LogP contribution in [0, 0.1) is 17.7 Å². The van der Waals surface area contributed by atoms with Crippen molar-refractivity contribution in [3.8, 4) is 0 Å². The van der Waals surface area contributed by atoms with Crippen LogP contribution in [0.25, 0.3) is 0 Å². The van der Waals surface area contributed by atoms with Crippen LogP contribution in [0.1, 0.15) is 6.92 Å². The van der Waals surface area contributed by atoms with Crippen molar-refractivity contribution in [1.82, 2.24) is 0 Å². The molecule has 0 spiro atoms. The van der Waals surface area contributed by atoms with Gasteiger partial charge in [-0.05, 0) is 30.3 Å². The fourth-order valence-corrected chi connectivity index (χ4v) is 3.73. The van der Waals surface area contributed by atoms with Crippen LogP contribution in [0.4, 0.5) is 10.1 Å². The number of rotatable bonds is 3. The standard InChI is InChI=1S/C17H14FNO5/c1-9(20)23-8-17-7-6-12(24-17)13-14(17)16(22)19(15(13)21)11-4-2-10(18)3-5-11/h2-7,12-14H,8H2,1H3/t12-,13-,14-,17-/m1/s1. The molecule has 3 aliphatic rings. The van der Waals surface area contributed by atoms with Gasteiger partial charge in [0.05, 0.1) is 23.6 Å². The summed E-state index contributed by atoms with van der Waals surface area (Å²) in [4.78, 5) is 37.8. The SMILES string of the molecule is CC(=O)OC[C@@]12C=C[C@@H](O1)[C@H]1C(=O)N(c3ccc(F)cc3)C(=O)[C@@H]12. The lowest BCUT2D eigenvalue weighted by atomic mass is 9.77. The number of fused-ring (bicyclic) bond motifs is 5. The van der Waals surface area contributed by atoms with Gasteiger partial charge in [-0.3, -0.25) is 14.4 Å². The van der Waals surface area contributed by atoms with Gasteiger partial charge in [-0.2, -0.15) is 0 Å². The molecule has 2 amide bonds. The molecule has 0 aliphatic carbocycles. The third-order valence-electron chi connectivity index (χ3n) is 4.74. The molecule has 3 heterocycles. The fraction of sp³-hybridized carbons (Fsp3) is 0.353. The Morgan fingerprint density at radius 2 is 2.00 bits per heavy atom. The number of hydrogen-bond acceptors (Lipinski definition) is 5. The van der Waals surface area contributed by atoms with Gasteiger partial charge in [-0.25, -0.2) is 9.29 Å². The number of anilines is 1. The van der Waals surface area contributed by atoms with E-state index in [4.69, 9.17) is 9.47 Å². The van der Waals surface area contributed by atoms with Crippen LogP contribution in [0.3, 0.4) is 0 Å².